The predicted molar refractivity (Wildman–Crippen MR) is 91.8 cm³/mol. The van der Waals surface area contributed by atoms with E-state index in [0.29, 0.717) is 24.3 Å². The summed E-state index contributed by atoms with van der Waals surface area (Å²) in [6, 6.07) is 5.65. The lowest BCUT2D eigenvalue weighted by Crippen LogP contribution is -2.33. The van der Waals surface area contributed by atoms with Gasteiger partial charge in [-0.3, -0.25) is 9.69 Å². The lowest BCUT2D eigenvalue weighted by atomic mass is 10.1. The number of benzene rings is 1. The molecule has 0 bridgehead atoms. The first kappa shape index (κ1) is 18.5. The molecule has 3 nitrogen and oxygen atoms in total. The molecule has 118 valence electrons. The van der Waals surface area contributed by atoms with Gasteiger partial charge in [0.05, 0.1) is 5.56 Å². The lowest BCUT2D eigenvalue weighted by molar-refractivity contribution is 0.0983. The molecule has 0 amide bonds. The maximum atomic E-state index is 11.9. The third kappa shape index (κ3) is 5.61. The number of hydrogen-bond acceptors (Lipinski definition) is 3. The van der Waals surface area contributed by atoms with Gasteiger partial charge < -0.3 is 4.74 Å². The van der Waals surface area contributed by atoms with Crippen LogP contribution in [-0.4, -0.2) is 36.9 Å². The molecule has 0 aliphatic carbocycles. The molecular weight excluding hydrogens is 354 g/mol. The number of piperidine rings is 1. The monoisotopic (exact) mass is 375 g/mol. The molecule has 0 unspecified atom stereocenters. The van der Waals surface area contributed by atoms with E-state index in [0.717, 1.165) is 11.0 Å². The minimum absolute atomic E-state index is 0. The number of hydrogen-bond donors (Lipinski definition) is 0. The first-order valence-electron chi connectivity index (χ1n) is 7.38. The van der Waals surface area contributed by atoms with Gasteiger partial charge in [-0.05, 0) is 44.1 Å². The molecule has 5 heteroatoms. The van der Waals surface area contributed by atoms with E-state index in [2.05, 4.69) is 20.8 Å². The summed E-state index contributed by atoms with van der Waals surface area (Å²) in [7, 11) is 0. The van der Waals surface area contributed by atoms with Crippen LogP contribution < -0.4 is 4.74 Å². The Bertz CT molecular complexity index is 462. The van der Waals surface area contributed by atoms with Gasteiger partial charge in [-0.15, -0.1) is 12.4 Å². The van der Waals surface area contributed by atoms with Gasteiger partial charge in [-0.25, -0.2) is 0 Å². The van der Waals surface area contributed by atoms with E-state index in [1.807, 2.05) is 25.1 Å². The summed E-state index contributed by atoms with van der Waals surface area (Å²) in [6.45, 7) is 5.80. The van der Waals surface area contributed by atoms with E-state index in [4.69, 9.17) is 4.74 Å². The topological polar surface area (TPSA) is 29.5 Å². The minimum atomic E-state index is 0. The second kappa shape index (κ2) is 9.44. The molecule has 21 heavy (non-hydrogen) atoms. The Labute approximate surface area is 141 Å². The highest BCUT2D eigenvalue weighted by atomic mass is 79.9. The highest BCUT2D eigenvalue weighted by Crippen LogP contribution is 2.24. The molecule has 1 aromatic rings. The molecule has 1 aliphatic heterocycles. The number of Topliss-reactive ketones (excluding diaryl/α,β-unsaturated/α-hetero) is 1. The van der Waals surface area contributed by atoms with Crippen molar-refractivity contribution in [1.29, 1.82) is 0 Å². The van der Waals surface area contributed by atoms with Crippen molar-refractivity contribution in [1.82, 2.24) is 4.90 Å². The van der Waals surface area contributed by atoms with Crippen LogP contribution in [0.2, 0.25) is 0 Å². The van der Waals surface area contributed by atoms with Gasteiger partial charge in [0.1, 0.15) is 12.4 Å². The number of rotatable bonds is 6. The summed E-state index contributed by atoms with van der Waals surface area (Å²) < 4.78 is 6.75. The number of halogens is 2. The van der Waals surface area contributed by atoms with Crippen LogP contribution in [0.15, 0.2) is 22.7 Å². The Morgan fingerprint density at radius 1 is 1.29 bits per heavy atom. The Balaban J connectivity index is 0.00000220. The summed E-state index contributed by atoms with van der Waals surface area (Å²) in [5.41, 5.74) is 0.681. The standard InChI is InChI=1S/C16H22BrNO2.ClH/c1-2-15(19)14-12-13(17)6-7-16(14)20-11-10-18-8-4-3-5-9-18;/h6-7,12H,2-5,8-11H2,1H3;1H. The fourth-order valence-electron chi connectivity index (χ4n) is 2.50. The fraction of sp³-hybridized carbons (Fsp3) is 0.562. The average molecular weight is 377 g/mol. The largest absolute Gasteiger partial charge is 0.491 e. The van der Waals surface area contributed by atoms with Crippen molar-refractivity contribution < 1.29 is 9.53 Å². The lowest BCUT2D eigenvalue weighted by Gasteiger charge is -2.26. The number of carbonyl (C=O) groups is 1. The zero-order valence-corrected chi connectivity index (χ0v) is 14.8. The minimum Gasteiger partial charge on any atom is -0.491 e. The third-order valence-electron chi connectivity index (χ3n) is 3.68. The molecule has 1 aromatic carbocycles. The van der Waals surface area contributed by atoms with Crippen molar-refractivity contribution in [2.45, 2.75) is 32.6 Å². The van der Waals surface area contributed by atoms with Gasteiger partial charge in [-0.2, -0.15) is 0 Å². The highest BCUT2D eigenvalue weighted by molar-refractivity contribution is 9.10. The number of nitrogens with zero attached hydrogens (tertiary/aromatic N) is 1. The van der Waals surface area contributed by atoms with Crippen LogP contribution in [0.25, 0.3) is 0 Å². The molecule has 1 heterocycles. The molecule has 0 aromatic heterocycles. The molecular formula is C16H23BrClNO2. The molecule has 0 N–H and O–H groups in total. The van der Waals surface area contributed by atoms with Gasteiger partial charge in [0.25, 0.3) is 0 Å². The summed E-state index contributed by atoms with van der Waals surface area (Å²) in [4.78, 5) is 14.4. The molecule has 1 saturated heterocycles. The van der Waals surface area contributed by atoms with Crippen LogP contribution in [0.4, 0.5) is 0 Å². The first-order valence-corrected chi connectivity index (χ1v) is 8.18. The highest BCUT2D eigenvalue weighted by Gasteiger charge is 2.13. The second-order valence-corrected chi connectivity index (χ2v) is 6.08. The fourth-order valence-corrected chi connectivity index (χ4v) is 2.87. The van der Waals surface area contributed by atoms with E-state index in [-0.39, 0.29) is 18.2 Å². The molecule has 1 fully saturated rings. The molecule has 0 atom stereocenters. The van der Waals surface area contributed by atoms with E-state index in [1.165, 1.54) is 32.4 Å². The van der Waals surface area contributed by atoms with Crippen molar-refractivity contribution in [3.05, 3.63) is 28.2 Å². The van der Waals surface area contributed by atoms with Crippen molar-refractivity contribution in [2.24, 2.45) is 0 Å². The van der Waals surface area contributed by atoms with Gasteiger partial charge in [-0.1, -0.05) is 29.3 Å². The van der Waals surface area contributed by atoms with E-state index in [9.17, 15) is 4.79 Å². The van der Waals surface area contributed by atoms with Crippen molar-refractivity contribution in [2.75, 3.05) is 26.2 Å². The van der Waals surface area contributed by atoms with Crippen molar-refractivity contribution in [3.63, 3.8) is 0 Å². The van der Waals surface area contributed by atoms with E-state index < -0.39 is 0 Å². The van der Waals surface area contributed by atoms with Crippen LogP contribution >= 0.6 is 28.3 Å². The molecule has 0 radical (unpaired) electrons. The summed E-state index contributed by atoms with van der Waals surface area (Å²) in [6.07, 6.45) is 4.42. The van der Waals surface area contributed by atoms with E-state index >= 15 is 0 Å². The third-order valence-corrected chi connectivity index (χ3v) is 4.17. The van der Waals surface area contributed by atoms with Crippen molar-refractivity contribution in [3.8, 4) is 5.75 Å². The van der Waals surface area contributed by atoms with E-state index in [1.54, 1.807) is 0 Å². The first-order chi connectivity index (χ1) is 9.70. The Morgan fingerprint density at radius 3 is 2.67 bits per heavy atom. The normalized spacial score (nSPS) is 15.3. The average Bonchev–Trinajstić information content (AvgIpc) is 2.49. The summed E-state index contributed by atoms with van der Waals surface area (Å²) >= 11 is 3.41. The molecule has 2 rings (SSSR count). The van der Waals surface area contributed by atoms with Crippen LogP contribution in [0, 0.1) is 0 Å². The smallest absolute Gasteiger partial charge is 0.166 e. The molecule has 0 saturated carbocycles. The number of likely N-dealkylation sites (tertiary alicyclic amines) is 1. The van der Waals surface area contributed by atoms with Crippen LogP contribution in [0.1, 0.15) is 43.0 Å². The van der Waals surface area contributed by atoms with Gasteiger partial charge in [0.15, 0.2) is 5.78 Å². The number of ether oxygens (including phenoxy) is 1. The zero-order valence-electron chi connectivity index (χ0n) is 12.4. The SMILES string of the molecule is CCC(=O)c1cc(Br)ccc1OCCN1CCCCC1.Cl. The maximum Gasteiger partial charge on any atom is 0.166 e. The van der Waals surface area contributed by atoms with Crippen LogP contribution in [0.3, 0.4) is 0 Å². The Kier molecular flexibility index (Phi) is 8.30. The second-order valence-electron chi connectivity index (χ2n) is 5.17. The molecule has 0 spiro atoms. The Hall–Kier alpha value is -0.580. The van der Waals surface area contributed by atoms with Crippen molar-refractivity contribution >= 4 is 34.1 Å². The number of ketones is 1. The Morgan fingerprint density at radius 2 is 2.00 bits per heavy atom. The van der Waals surface area contributed by atoms with Gasteiger partial charge >= 0.3 is 0 Å². The van der Waals surface area contributed by atoms with Gasteiger partial charge in [0.2, 0.25) is 0 Å². The van der Waals surface area contributed by atoms with Crippen LogP contribution in [0.5, 0.6) is 5.75 Å². The quantitative estimate of drug-likeness (QED) is 0.692. The molecule has 1 aliphatic rings. The predicted octanol–water partition coefficient (Wildman–Crippen LogP) is 4.33. The van der Waals surface area contributed by atoms with Crippen LogP contribution in [-0.2, 0) is 0 Å². The van der Waals surface area contributed by atoms with Gasteiger partial charge in [0, 0.05) is 17.4 Å². The summed E-state index contributed by atoms with van der Waals surface area (Å²) in [5.74, 6) is 0.830. The summed E-state index contributed by atoms with van der Waals surface area (Å²) in [5, 5.41) is 0. The maximum absolute atomic E-state index is 11.9. The number of carbonyl (C=O) groups excluding carboxylic acids is 1. The zero-order chi connectivity index (χ0) is 14.4.